The average Bonchev–Trinajstić information content (AvgIpc) is 2.27. The van der Waals surface area contributed by atoms with Gasteiger partial charge >= 0.3 is 0 Å². The Morgan fingerprint density at radius 3 is 1.94 bits per heavy atom. The van der Waals surface area contributed by atoms with Gasteiger partial charge in [-0.15, -0.1) is 0 Å². The van der Waals surface area contributed by atoms with Crippen LogP contribution in [0.2, 0.25) is 15.1 Å². The first-order valence-corrected chi connectivity index (χ1v) is 6.39. The molecule has 0 spiro atoms. The molecule has 0 aromatic heterocycles. The molecule has 0 aliphatic carbocycles. The van der Waals surface area contributed by atoms with E-state index in [1.807, 2.05) is 18.2 Å². The first-order valence-electron chi connectivity index (χ1n) is 5.25. The second-order valence-electron chi connectivity index (χ2n) is 4.11. The molecule has 0 heterocycles. The molecular weight excluding hydrogens is 291 g/mol. The van der Waals surface area contributed by atoms with Crippen molar-refractivity contribution in [1.82, 2.24) is 0 Å². The maximum Gasteiger partial charge on any atom is 0.124 e. The summed E-state index contributed by atoms with van der Waals surface area (Å²) < 4.78 is 0. The molecule has 0 aliphatic rings. The zero-order chi connectivity index (χ0) is 12.9. The van der Waals surface area contributed by atoms with Gasteiger partial charge in [-0.05, 0) is 47.2 Å². The van der Waals surface area contributed by atoms with Gasteiger partial charge in [-0.25, -0.2) is 0 Å². The Balaban J connectivity index is 2.51. The van der Waals surface area contributed by atoms with Gasteiger partial charge in [0.2, 0.25) is 0 Å². The fourth-order valence-corrected chi connectivity index (χ4v) is 2.87. The highest BCUT2D eigenvalue weighted by Crippen LogP contribution is 2.35. The van der Waals surface area contributed by atoms with Gasteiger partial charge in [-0.3, -0.25) is 0 Å². The number of hydrogen-bond donors (Lipinski definition) is 1. The van der Waals surface area contributed by atoms with Gasteiger partial charge in [0.15, 0.2) is 0 Å². The molecule has 1 N–H and O–H groups in total. The van der Waals surface area contributed by atoms with Gasteiger partial charge in [-0.2, -0.15) is 0 Å². The second-order valence-corrected chi connectivity index (χ2v) is 5.39. The summed E-state index contributed by atoms with van der Waals surface area (Å²) in [6.45, 7) is 0. The molecule has 3 aromatic rings. The SMILES string of the molecule is Oc1cc(Cl)cc2cc3c(Cl)cc(Cl)cc3cc12. The Bertz CT molecular complexity index is 713. The van der Waals surface area contributed by atoms with E-state index in [4.69, 9.17) is 34.8 Å². The summed E-state index contributed by atoms with van der Waals surface area (Å²) in [5.74, 6) is 0.149. The van der Waals surface area contributed by atoms with E-state index in [-0.39, 0.29) is 5.75 Å². The van der Waals surface area contributed by atoms with Crippen molar-refractivity contribution in [3.05, 3.63) is 51.5 Å². The summed E-state index contributed by atoms with van der Waals surface area (Å²) in [7, 11) is 0. The van der Waals surface area contributed by atoms with E-state index in [9.17, 15) is 5.11 Å². The number of benzene rings is 3. The quantitative estimate of drug-likeness (QED) is 0.531. The summed E-state index contributed by atoms with van der Waals surface area (Å²) in [5.41, 5.74) is 0. The van der Waals surface area contributed by atoms with Crippen LogP contribution in [-0.2, 0) is 0 Å². The van der Waals surface area contributed by atoms with E-state index in [2.05, 4.69) is 0 Å². The summed E-state index contributed by atoms with van der Waals surface area (Å²) in [5, 5.41) is 14.9. The molecule has 0 amide bonds. The molecule has 0 aliphatic heterocycles. The lowest BCUT2D eigenvalue weighted by Crippen LogP contribution is -1.80. The minimum atomic E-state index is 0.149. The van der Waals surface area contributed by atoms with Crippen LogP contribution in [-0.4, -0.2) is 5.11 Å². The molecule has 0 atom stereocenters. The van der Waals surface area contributed by atoms with Crippen LogP contribution < -0.4 is 0 Å². The number of halogens is 3. The van der Waals surface area contributed by atoms with Crippen molar-refractivity contribution >= 4 is 56.3 Å². The molecule has 0 fully saturated rings. The second kappa shape index (κ2) is 4.20. The van der Waals surface area contributed by atoms with E-state index >= 15 is 0 Å². The van der Waals surface area contributed by atoms with Crippen LogP contribution in [0.15, 0.2) is 36.4 Å². The summed E-state index contributed by atoms with van der Waals surface area (Å²) in [6, 6.07) is 10.6. The third-order valence-electron chi connectivity index (χ3n) is 2.88. The molecule has 0 bridgehead atoms. The molecule has 0 unspecified atom stereocenters. The fourth-order valence-electron chi connectivity index (χ4n) is 2.09. The van der Waals surface area contributed by atoms with Crippen LogP contribution in [0.1, 0.15) is 0 Å². The van der Waals surface area contributed by atoms with Crippen LogP contribution in [0.25, 0.3) is 21.5 Å². The molecule has 1 nitrogen and oxygen atoms in total. The largest absolute Gasteiger partial charge is 0.507 e. The van der Waals surface area contributed by atoms with E-state index in [1.165, 1.54) is 6.07 Å². The highest BCUT2D eigenvalue weighted by atomic mass is 35.5. The van der Waals surface area contributed by atoms with E-state index in [1.54, 1.807) is 12.1 Å². The Morgan fingerprint density at radius 2 is 1.22 bits per heavy atom. The number of phenolic OH excluding ortho intramolecular Hbond substituents is 1. The van der Waals surface area contributed by atoms with Crippen molar-refractivity contribution in [2.75, 3.05) is 0 Å². The molecule has 0 saturated carbocycles. The number of aromatic hydroxyl groups is 1. The van der Waals surface area contributed by atoms with Gasteiger partial charge in [0, 0.05) is 25.8 Å². The van der Waals surface area contributed by atoms with Crippen LogP contribution in [0.5, 0.6) is 5.75 Å². The van der Waals surface area contributed by atoms with Crippen LogP contribution in [0.4, 0.5) is 0 Å². The van der Waals surface area contributed by atoms with E-state index in [0.717, 1.165) is 21.5 Å². The van der Waals surface area contributed by atoms with Gasteiger partial charge in [-0.1, -0.05) is 34.8 Å². The highest BCUT2D eigenvalue weighted by Gasteiger charge is 2.07. The van der Waals surface area contributed by atoms with Gasteiger partial charge in [0.1, 0.15) is 5.75 Å². The minimum Gasteiger partial charge on any atom is -0.507 e. The monoisotopic (exact) mass is 296 g/mol. The average molecular weight is 298 g/mol. The molecule has 3 aromatic carbocycles. The van der Waals surface area contributed by atoms with Crippen molar-refractivity contribution in [2.45, 2.75) is 0 Å². The normalized spacial score (nSPS) is 11.3. The number of fused-ring (bicyclic) bond motifs is 2. The Labute approximate surface area is 118 Å². The summed E-state index contributed by atoms with van der Waals surface area (Å²) in [6.07, 6.45) is 0. The topological polar surface area (TPSA) is 20.2 Å². The summed E-state index contributed by atoms with van der Waals surface area (Å²) in [4.78, 5) is 0. The van der Waals surface area contributed by atoms with Crippen molar-refractivity contribution in [3.63, 3.8) is 0 Å². The van der Waals surface area contributed by atoms with Crippen LogP contribution in [0.3, 0.4) is 0 Å². The third kappa shape index (κ3) is 1.89. The van der Waals surface area contributed by atoms with Crippen molar-refractivity contribution in [3.8, 4) is 5.75 Å². The number of hydrogen-bond acceptors (Lipinski definition) is 1. The van der Waals surface area contributed by atoms with Crippen LogP contribution >= 0.6 is 34.8 Å². The van der Waals surface area contributed by atoms with E-state index < -0.39 is 0 Å². The molecule has 18 heavy (non-hydrogen) atoms. The summed E-state index contributed by atoms with van der Waals surface area (Å²) >= 11 is 18.1. The van der Waals surface area contributed by atoms with E-state index in [0.29, 0.717) is 15.1 Å². The fraction of sp³-hybridized carbons (Fsp3) is 0. The smallest absolute Gasteiger partial charge is 0.124 e. The lowest BCUT2D eigenvalue weighted by molar-refractivity contribution is 0.482. The Morgan fingerprint density at radius 1 is 0.667 bits per heavy atom. The van der Waals surface area contributed by atoms with Crippen molar-refractivity contribution in [2.24, 2.45) is 0 Å². The first kappa shape index (κ1) is 11.9. The van der Waals surface area contributed by atoms with Crippen molar-refractivity contribution in [1.29, 1.82) is 0 Å². The Kier molecular flexibility index (Phi) is 2.78. The highest BCUT2D eigenvalue weighted by molar-refractivity contribution is 6.39. The van der Waals surface area contributed by atoms with Gasteiger partial charge < -0.3 is 5.11 Å². The molecule has 0 radical (unpaired) electrons. The van der Waals surface area contributed by atoms with Crippen molar-refractivity contribution < 1.29 is 5.11 Å². The predicted octanol–water partition coefficient (Wildman–Crippen LogP) is 5.66. The molecule has 3 rings (SSSR count). The van der Waals surface area contributed by atoms with Crippen LogP contribution in [0, 0.1) is 0 Å². The zero-order valence-electron chi connectivity index (χ0n) is 9.05. The lowest BCUT2D eigenvalue weighted by atomic mass is 10.0. The first-order chi connectivity index (χ1) is 8.54. The lowest BCUT2D eigenvalue weighted by Gasteiger charge is -2.07. The minimum absolute atomic E-state index is 0.149. The van der Waals surface area contributed by atoms with Gasteiger partial charge in [0.05, 0.1) is 0 Å². The number of phenols is 1. The third-order valence-corrected chi connectivity index (χ3v) is 3.63. The molecule has 90 valence electrons. The molecule has 4 heteroatoms. The maximum atomic E-state index is 9.90. The van der Waals surface area contributed by atoms with Gasteiger partial charge in [0.25, 0.3) is 0 Å². The maximum absolute atomic E-state index is 9.90. The zero-order valence-corrected chi connectivity index (χ0v) is 11.3. The Hall–Kier alpha value is -1.15. The molecular formula is C14H7Cl3O. The predicted molar refractivity (Wildman–Crippen MR) is 78.1 cm³/mol. The number of rotatable bonds is 0. The standard InChI is InChI=1S/C14H7Cl3O/c15-9-1-7-4-12-8(2-10(16)6-14(12)18)3-11(7)13(17)5-9/h1-6,18H. The molecule has 0 saturated heterocycles.